The van der Waals surface area contributed by atoms with Gasteiger partial charge < -0.3 is 39.0 Å². The number of esters is 3. The van der Waals surface area contributed by atoms with Gasteiger partial charge in [-0.1, -0.05) is 206 Å². The molecule has 1 rings (SSSR count). The highest BCUT2D eigenvalue weighted by molar-refractivity contribution is 5.74. The van der Waals surface area contributed by atoms with Gasteiger partial charge in [-0.15, -0.1) is 0 Å². The summed E-state index contributed by atoms with van der Waals surface area (Å²) in [5.41, 5.74) is 0. The van der Waals surface area contributed by atoms with E-state index in [9.17, 15) is 34.5 Å². The summed E-state index contributed by atoms with van der Waals surface area (Å²) in [5, 5.41) is 31.5. The van der Waals surface area contributed by atoms with Gasteiger partial charge in [0.15, 0.2) is 24.6 Å². The van der Waals surface area contributed by atoms with Gasteiger partial charge in [0.2, 0.25) is 0 Å². The lowest BCUT2D eigenvalue weighted by atomic mass is 9.98. The third-order valence-electron chi connectivity index (χ3n) is 12.5. The van der Waals surface area contributed by atoms with Gasteiger partial charge in [-0.3, -0.25) is 14.4 Å². The van der Waals surface area contributed by atoms with Crippen LogP contribution in [0.1, 0.15) is 213 Å². The molecule has 1 aliphatic rings. The third kappa shape index (κ3) is 41.8. The minimum atomic E-state index is -1.93. The third-order valence-corrected chi connectivity index (χ3v) is 12.5. The molecular formula is C65H102O12. The van der Waals surface area contributed by atoms with E-state index in [0.29, 0.717) is 19.3 Å². The summed E-state index contributed by atoms with van der Waals surface area (Å²) >= 11 is 0. The van der Waals surface area contributed by atoms with Crippen LogP contribution in [-0.4, -0.2) is 89.2 Å². The highest BCUT2D eigenvalue weighted by atomic mass is 16.7. The van der Waals surface area contributed by atoms with E-state index >= 15 is 0 Å². The number of carbonyl (C=O) groups excluding carboxylic acids is 3. The number of allylic oxidation sites excluding steroid dienone is 19. The molecule has 3 N–H and O–H groups in total. The van der Waals surface area contributed by atoms with Gasteiger partial charge in [-0.2, -0.15) is 0 Å². The van der Waals surface area contributed by atoms with Crippen LogP contribution in [0.3, 0.4) is 0 Å². The van der Waals surface area contributed by atoms with Crippen LogP contribution in [0.15, 0.2) is 122 Å². The van der Waals surface area contributed by atoms with Crippen LogP contribution in [0.5, 0.6) is 0 Å². The molecule has 12 heteroatoms. The molecule has 6 unspecified atom stereocenters. The lowest BCUT2D eigenvalue weighted by Crippen LogP contribution is -2.61. The minimum absolute atomic E-state index is 0.0250. The Labute approximate surface area is 465 Å². The smallest absolute Gasteiger partial charge is 0.335 e. The van der Waals surface area contributed by atoms with E-state index in [-0.39, 0.29) is 25.9 Å². The van der Waals surface area contributed by atoms with Crippen LogP contribution in [0.4, 0.5) is 0 Å². The molecule has 0 aromatic carbocycles. The van der Waals surface area contributed by atoms with Crippen molar-refractivity contribution in [3.05, 3.63) is 122 Å². The summed E-state index contributed by atoms with van der Waals surface area (Å²) in [7, 11) is 0. The van der Waals surface area contributed by atoms with E-state index in [1.54, 1.807) is 6.08 Å². The highest BCUT2D eigenvalue weighted by Gasteiger charge is 2.50. The molecular weight excluding hydrogens is 973 g/mol. The SMILES string of the molecule is CC/C=C\C/C=C\C/C=C\C/C=C\C/C=C\CC(=O)OCC(COC1OC(C(=O)O)C(O)C(O)C1OC(=O)CCCCCCCC/C=C\C/C=C\C/C=C\CCCCC)OC(=O)CCCCCCC/C=C\C/C=C\CCC. The van der Waals surface area contributed by atoms with Gasteiger partial charge in [0.25, 0.3) is 0 Å². The first-order valence-electron chi connectivity index (χ1n) is 29.5. The van der Waals surface area contributed by atoms with Gasteiger partial charge in [0.1, 0.15) is 18.8 Å². The Hall–Kier alpha value is -4.88. The van der Waals surface area contributed by atoms with Gasteiger partial charge in [-0.25, -0.2) is 4.79 Å². The Balaban J connectivity index is 2.75. The van der Waals surface area contributed by atoms with E-state index in [1.165, 1.54) is 19.3 Å². The van der Waals surface area contributed by atoms with Crippen LogP contribution < -0.4 is 0 Å². The molecule has 1 saturated heterocycles. The fourth-order valence-electron chi connectivity index (χ4n) is 8.01. The van der Waals surface area contributed by atoms with Gasteiger partial charge in [0.05, 0.1) is 13.0 Å². The Kier molecular flexibility index (Phi) is 47.2. The Morgan fingerprint density at radius 3 is 1.36 bits per heavy atom. The predicted molar refractivity (Wildman–Crippen MR) is 312 cm³/mol. The first-order valence-corrected chi connectivity index (χ1v) is 29.5. The number of aliphatic hydroxyl groups excluding tert-OH is 2. The van der Waals surface area contributed by atoms with Crippen molar-refractivity contribution in [1.82, 2.24) is 0 Å². The zero-order chi connectivity index (χ0) is 56.1. The molecule has 1 fully saturated rings. The fraction of sp³-hybridized carbons (Fsp3) is 0.631. The molecule has 6 atom stereocenters. The lowest BCUT2D eigenvalue weighted by Gasteiger charge is -2.40. The van der Waals surface area contributed by atoms with Crippen LogP contribution in [0, 0.1) is 0 Å². The van der Waals surface area contributed by atoms with Crippen molar-refractivity contribution < 1.29 is 58.2 Å². The molecule has 0 aromatic heterocycles. The largest absolute Gasteiger partial charge is 0.479 e. The number of ether oxygens (including phenoxy) is 5. The number of carbonyl (C=O) groups is 4. The van der Waals surface area contributed by atoms with Crippen LogP contribution in [0.25, 0.3) is 0 Å². The maximum atomic E-state index is 13.1. The summed E-state index contributed by atoms with van der Waals surface area (Å²) in [6.45, 7) is 5.66. The molecule has 0 spiro atoms. The second-order valence-corrected chi connectivity index (χ2v) is 19.6. The average molecular weight is 1080 g/mol. The second kappa shape index (κ2) is 51.9. The highest BCUT2D eigenvalue weighted by Crippen LogP contribution is 2.26. The molecule has 0 amide bonds. The number of rotatable bonds is 48. The Morgan fingerprint density at radius 2 is 0.883 bits per heavy atom. The monoisotopic (exact) mass is 1070 g/mol. The molecule has 0 bridgehead atoms. The molecule has 1 heterocycles. The van der Waals surface area contributed by atoms with Crippen molar-refractivity contribution >= 4 is 23.9 Å². The van der Waals surface area contributed by atoms with Crippen LogP contribution >= 0.6 is 0 Å². The van der Waals surface area contributed by atoms with Gasteiger partial charge in [0, 0.05) is 12.8 Å². The molecule has 1 aliphatic heterocycles. The Morgan fingerprint density at radius 1 is 0.455 bits per heavy atom. The maximum Gasteiger partial charge on any atom is 0.335 e. The molecule has 12 nitrogen and oxygen atoms in total. The van der Waals surface area contributed by atoms with Crippen LogP contribution in [-0.2, 0) is 42.9 Å². The number of carboxylic acids is 1. The number of unbranched alkanes of at least 4 members (excludes halogenated alkanes) is 15. The summed E-state index contributed by atoms with van der Waals surface area (Å²) in [6, 6.07) is 0. The van der Waals surface area contributed by atoms with E-state index in [0.717, 1.165) is 135 Å². The molecule has 0 saturated carbocycles. The summed E-state index contributed by atoms with van der Waals surface area (Å²) in [5.74, 6) is -3.34. The Bertz CT molecular complexity index is 1800. The van der Waals surface area contributed by atoms with Crippen molar-refractivity contribution in [1.29, 1.82) is 0 Å². The minimum Gasteiger partial charge on any atom is -0.479 e. The van der Waals surface area contributed by atoms with Crippen molar-refractivity contribution in [3.63, 3.8) is 0 Å². The summed E-state index contributed by atoms with van der Waals surface area (Å²) in [6.07, 6.45) is 59.0. The van der Waals surface area contributed by atoms with E-state index in [4.69, 9.17) is 23.7 Å². The van der Waals surface area contributed by atoms with E-state index in [1.807, 2.05) is 12.2 Å². The number of carboxylic acid groups (broad SMARTS) is 1. The fourth-order valence-corrected chi connectivity index (χ4v) is 8.01. The maximum absolute atomic E-state index is 13.1. The zero-order valence-corrected chi connectivity index (χ0v) is 47.7. The number of aliphatic hydroxyl groups is 2. The first-order chi connectivity index (χ1) is 37.6. The van der Waals surface area contributed by atoms with Crippen molar-refractivity contribution in [2.75, 3.05) is 13.2 Å². The summed E-state index contributed by atoms with van der Waals surface area (Å²) in [4.78, 5) is 51.1. The summed E-state index contributed by atoms with van der Waals surface area (Å²) < 4.78 is 28.3. The standard InChI is InChI=1S/C65H102O12/c1-4-7-10-13-16-19-22-25-27-28-29-30-32-35-38-41-44-47-50-53-59(68)76-63-61(70)60(69)62(64(71)72)77-65(63)74-55-56(75-58(67)52-49-46-43-40-37-33-24-21-18-15-12-9-6-3)54-73-57(66)51-48-45-42-39-36-34-31-26-23-20-17-14-11-8-5-2/h8,11-12,15-17,19-21,24-27,29-31,36,39,45,48,56,60-63,65,69-70H,4-7,9-10,13-14,18,22-23,28,32-35,37-38,40-44,46-47,49-55H2,1-3H3,(H,71,72)/b11-8-,15-12-,19-16-,20-17-,24-21-,27-25-,30-29-,31-26-,39-36-,48-45-. The zero-order valence-electron chi connectivity index (χ0n) is 47.7. The normalized spacial score (nSPS) is 18.9. The molecule has 0 radical (unpaired) electrons. The van der Waals surface area contributed by atoms with E-state index < -0.39 is 67.3 Å². The molecule has 0 aromatic rings. The van der Waals surface area contributed by atoms with E-state index in [2.05, 4.69) is 124 Å². The molecule has 0 aliphatic carbocycles. The molecule has 434 valence electrons. The van der Waals surface area contributed by atoms with Crippen molar-refractivity contribution in [2.45, 2.75) is 250 Å². The number of hydrogen-bond acceptors (Lipinski definition) is 11. The van der Waals surface area contributed by atoms with Crippen molar-refractivity contribution in [3.8, 4) is 0 Å². The number of hydrogen-bond donors (Lipinski definition) is 3. The molecule has 77 heavy (non-hydrogen) atoms. The lowest BCUT2D eigenvalue weighted by molar-refractivity contribution is -0.301. The predicted octanol–water partition coefficient (Wildman–Crippen LogP) is 15.2. The topological polar surface area (TPSA) is 175 Å². The average Bonchev–Trinajstić information content (AvgIpc) is 3.42. The van der Waals surface area contributed by atoms with Gasteiger partial charge in [-0.05, 0) is 109 Å². The van der Waals surface area contributed by atoms with Crippen molar-refractivity contribution in [2.24, 2.45) is 0 Å². The van der Waals surface area contributed by atoms with Crippen LogP contribution in [0.2, 0.25) is 0 Å². The quantitative estimate of drug-likeness (QED) is 0.0228. The van der Waals surface area contributed by atoms with Gasteiger partial charge >= 0.3 is 23.9 Å². The first kappa shape index (κ1) is 70.1. The number of aliphatic carboxylic acids is 1. The second-order valence-electron chi connectivity index (χ2n) is 19.6.